The van der Waals surface area contributed by atoms with Crippen molar-refractivity contribution in [2.75, 3.05) is 18.0 Å². The highest BCUT2D eigenvalue weighted by molar-refractivity contribution is 9.10. The molecule has 0 saturated carbocycles. The lowest BCUT2D eigenvalue weighted by atomic mass is 9.93. The zero-order chi connectivity index (χ0) is 27.1. The smallest absolute Gasteiger partial charge is 0.326 e. The highest BCUT2D eigenvalue weighted by Crippen LogP contribution is 2.27. The molecule has 0 bridgehead atoms. The summed E-state index contributed by atoms with van der Waals surface area (Å²) in [5, 5.41) is 12.0. The van der Waals surface area contributed by atoms with Crippen LogP contribution in [-0.2, 0) is 17.8 Å². The van der Waals surface area contributed by atoms with Gasteiger partial charge in [-0.3, -0.25) is 4.79 Å². The Labute approximate surface area is 230 Å². The number of aromatic nitrogens is 3. The predicted octanol–water partition coefficient (Wildman–Crippen LogP) is 4.57. The molecule has 9 nitrogen and oxygen atoms in total. The van der Waals surface area contributed by atoms with Gasteiger partial charge in [-0.25, -0.2) is 19.7 Å². The number of hydrogen-bond donors (Lipinski definition) is 2. The number of carbonyl (C=O) groups excluding carboxylic acids is 1. The molecule has 1 aliphatic heterocycles. The molecular formula is C28H32BrN5O4. The first-order valence-electron chi connectivity index (χ1n) is 12.8. The standard InChI is InChI=1S/C28H32BrN5O4/c1-3-22(28(36)37)32-27(35)25-26(38-17-20-7-5-4-6-8-20)18(2)31-23(33-25)15-19-11-13-34(14-12-19)24-10-9-21(29)16-30-24/h4-10,16,19,22H,3,11-15,17H2,1-2H3,(H,32,35)(H,36,37). The predicted molar refractivity (Wildman–Crippen MR) is 147 cm³/mol. The normalized spacial score (nSPS) is 14.7. The average molecular weight is 582 g/mol. The maximum atomic E-state index is 13.2. The maximum Gasteiger partial charge on any atom is 0.326 e. The fraction of sp³-hybridized carbons (Fsp3) is 0.393. The third-order valence-corrected chi connectivity index (χ3v) is 7.12. The quantitative estimate of drug-likeness (QED) is 0.357. The molecule has 3 heterocycles. The van der Waals surface area contributed by atoms with Crippen molar-refractivity contribution in [2.24, 2.45) is 5.92 Å². The van der Waals surface area contributed by atoms with Gasteiger partial charge in [0.05, 0.1) is 5.69 Å². The van der Waals surface area contributed by atoms with Gasteiger partial charge in [-0.05, 0) is 65.7 Å². The van der Waals surface area contributed by atoms with E-state index in [9.17, 15) is 14.7 Å². The van der Waals surface area contributed by atoms with Crippen LogP contribution >= 0.6 is 15.9 Å². The van der Waals surface area contributed by atoms with Gasteiger partial charge in [-0.2, -0.15) is 0 Å². The van der Waals surface area contributed by atoms with Gasteiger partial charge < -0.3 is 20.1 Å². The Morgan fingerprint density at radius 1 is 1.16 bits per heavy atom. The maximum absolute atomic E-state index is 13.2. The molecule has 0 spiro atoms. The van der Waals surface area contributed by atoms with Crippen LogP contribution in [-0.4, -0.2) is 51.1 Å². The van der Waals surface area contributed by atoms with Crippen molar-refractivity contribution in [1.29, 1.82) is 0 Å². The van der Waals surface area contributed by atoms with Crippen LogP contribution in [0.25, 0.3) is 0 Å². The molecule has 2 N–H and O–H groups in total. The van der Waals surface area contributed by atoms with Crippen molar-refractivity contribution in [3.63, 3.8) is 0 Å². The summed E-state index contributed by atoms with van der Waals surface area (Å²) in [7, 11) is 0. The molecule has 1 amide bonds. The van der Waals surface area contributed by atoms with Crippen LogP contribution in [0.5, 0.6) is 5.75 Å². The summed E-state index contributed by atoms with van der Waals surface area (Å²) >= 11 is 3.43. The summed E-state index contributed by atoms with van der Waals surface area (Å²) in [6, 6.07) is 12.6. The molecule has 1 fully saturated rings. The Morgan fingerprint density at radius 2 is 1.89 bits per heavy atom. The second kappa shape index (κ2) is 12.8. The van der Waals surface area contributed by atoms with Gasteiger partial charge >= 0.3 is 5.97 Å². The van der Waals surface area contributed by atoms with Gasteiger partial charge in [0.1, 0.15) is 24.3 Å². The minimum Gasteiger partial charge on any atom is -0.485 e. The number of aliphatic carboxylic acids is 1. The first-order chi connectivity index (χ1) is 18.3. The number of carboxylic acid groups (broad SMARTS) is 1. The molecule has 1 aliphatic rings. The minimum atomic E-state index is -1.09. The lowest BCUT2D eigenvalue weighted by Gasteiger charge is -2.32. The van der Waals surface area contributed by atoms with Crippen LogP contribution in [0.1, 0.15) is 53.8 Å². The number of carbonyl (C=O) groups is 2. The zero-order valence-corrected chi connectivity index (χ0v) is 23.1. The molecule has 1 aromatic carbocycles. The van der Waals surface area contributed by atoms with Crippen LogP contribution < -0.4 is 15.0 Å². The summed E-state index contributed by atoms with van der Waals surface area (Å²) in [5.41, 5.74) is 1.56. The first-order valence-corrected chi connectivity index (χ1v) is 13.6. The Balaban J connectivity index is 1.50. The molecule has 1 saturated heterocycles. The van der Waals surface area contributed by atoms with E-state index in [-0.39, 0.29) is 24.5 Å². The number of nitrogens with zero attached hydrogens (tertiary/aromatic N) is 4. The Kier molecular flexibility index (Phi) is 9.28. The van der Waals surface area contributed by atoms with E-state index in [4.69, 9.17) is 4.74 Å². The van der Waals surface area contributed by atoms with E-state index in [1.165, 1.54) is 0 Å². The molecule has 0 aliphatic carbocycles. The number of hydrogen-bond acceptors (Lipinski definition) is 7. The van der Waals surface area contributed by atoms with Crippen LogP contribution in [0.15, 0.2) is 53.1 Å². The van der Waals surface area contributed by atoms with Gasteiger partial charge in [0.25, 0.3) is 5.91 Å². The van der Waals surface area contributed by atoms with E-state index >= 15 is 0 Å². The summed E-state index contributed by atoms with van der Waals surface area (Å²) in [4.78, 5) is 40.8. The van der Waals surface area contributed by atoms with Crippen molar-refractivity contribution < 1.29 is 19.4 Å². The number of amides is 1. The minimum absolute atomic E-state index is 0.0691. The van der Waals surface area contributed by atoms with Crippen LogP contribution in [0.3, 0.4) is 0 Å². The summed E-state index contributed by atoms with van der Waals surface area (Å²) in [6.07, 6.45) is 4.58. The first kappa shape index (κ1) is 27.5. The van der Waals surface area contributed by atoms with Crippen molar-refractivity contribution >= 4 is 33.6 Å². The monoisotopic (exact) mass is 581 g/mol. The van der Waals surface area contributed by atoms with Gasteiger partial charge in [0.15, 0.2) is 11.4 Å². The lowest BCUT2D eigenvalue weighted by Crippen LogP contribution is -2.41. The second-order valence-electron chi connectivity index (χ2n) is 9.42. The number of benzene rings is 1. The third-order valence-electron chi connectivity index (χ3n) is 6.66. The number of halogens is 1. The van der Waals surface area contributed by atoms with Crippen LogP contribution in [0.4, 0.5) is 5.82 Å². The van der Waals surface area contributed by atoms with E-state index in [0.717, 1.165) is 41.8 Å². The van der Waals surface area contributed by atoms with Crippen molar-refractivity contribution in [1.82, 2.24) is 20.3 Å². The molecule has 1 atom stereocenters. The highest BCUT2D eigenvalue weighted by atomic mass is 79.9. The number of anilines is 1. The van der Waals surface area contributed by atoms with E-state index < -0.39 is 17.9 Å². The molecule has 200 valence electrons. The fourth-order valence-electron chi connectivity index (χ4n) is 4.51. The summed E-state index contributed by atoms with van der Waals surface area (Å²) in [6.45, 7) is 5.49. The SMILES string of the molecule is CCC(NC(=O)c1nc(CC2CCN(c3ccc(Br)cn3)CC2)nc(C)c1OCc1ccccc1)C(=O)O. The molecular weight excluding hydrogens is 550 g/mol. The van der Waals surface area contributed by atoms with Crippen molar-refractivity contribution in [3.8, 4) is 5.75 Å². The van der Waals surface area contributed by atoms with Crippen molar-refractivity contribution in [2.45, 2.75) is 52.2 Å². The largest absolute Gasteiger partial charge is 0.485 e. The van der Waals surface area contributed by atoms with Crippen LogP contribution in [0.2, 0.25) is 0 Å². The van der Waals surface area contributed by atoms with Gasteiger partial charge in [0.2, 0.25) is 0 Å². The molecule has 4 rings (SSSR count). The summed E-state index contributed by atoms with van der Waals surface area (Å²) < 4.78 is 6.97. The second-order valence-corrected chi connectivity index (χ2v) is 10.3. The number of rotatable bonds is 10. The van der Waals surface area contributed by atoms with E-state index in [1.807, 2.05) is 42.5 Å². The molecule has 0 radical (unpaired) electrons. The molecule has 38 heavy (non-hydrogen) atoms. The van der Waals surface area contributed by atoms with Crippen LogP contribution in [0, 0.1) is 12.8 Å². The Bertz CT molecular complexity index is 1250. The summed E-state index contributed by atoms with van der Waals surface area (Å²) in [5.74, 6) is 0.475. The number of pyridine rings is 1. The Morgan fingerprint density at radius 3 is 2.53 bits per heavy atom. The highest BCUT2D eigenvalue weighted by Gasteiger charge is 2.27. The topological polar surface area (TPSA) is 118 Å². The van der Waals surface area contributed by atoms with Gasteiger partial charge in [-0.1, -0.05) is 37.3 Å². The number of nitrogens with one attached hydrogen (secondary N) is 1. The molecule has 2 aromatic heterocycles. The molecule has 3 aromatic rings. The molecule has 10 heteroatoms. The Hall–Kier alpha value is -3.53. The third kappa shape index (κ3) is 7.06. The van der Waals surface area contributed by atoms with E-state index in [1.54, 1.807) is 20.0 Å². The van der Waals surface area contributed by atoms with Crippen molar-refractivity contribution in [3.05, 3.63) is 75.9 Å². The number of aryl methyl sites for hydroxylation is 1. The van der Waals surface area contributed by atoms with E-state index in [2.05, 4.69) is 41.1 Å². The zero-order valence-electron chi connectivity index (χ0n) is 21.6. The fourth-order valence-corrected chi connectivity index (χ4v) is 4.75. The van der Waals surface area contributed by atoms with Gasteiger partial charge in [0, 0.05) is 30.2 Å². The lowest BCUT2D eigenvalue weighted by molar-refractivity contribution is -0.139. The number of piperidine rings is 1. The van der Waals surface area contributed by atoms with Gasteiger partial charge in [-0.15, -0.1) is 0 Å². The van der Waals surface area contributed by atoms with E-state index in [0.29, 0.717) is 23.9 Å². The number of ether oxygens (including phenoxy) is 1. The average Bonchev–Trinajstić information content (AvgIpc) is 2.92. The number of carboxylic acids is 1. The molecule has 1 unspecified atom stereocenters.